The molecule has 1 amide bonds. The van der Waals surface area contributed by atoms with E-state index in [1.165, 1.54) is 0 Å². The fourth-order valence-electron chi connectivity index (χ4n) is 3.18. The molecule has 6 nitrogen and oxygen atoms in total. The Balaban J connectivity index is 1.64. The molecule has 0 atom stereocenters. The topological polar surface area (TPSA) is 73.0 Å². The van der Waals surface area contributed by atoms with Crippen LogP contribution in [0.5, 0.6) is 0 Å². The lowest BCUT2D eigenvalue weighted by Gasteiger charge is -2.26. The largest absolute Gasteiger partial charge is 0.471 e. The highest BCUT2D eigenvalue weighted by Crippen LogP contribution is 2.31. The Hall–Kier alpha value is -2.84. The Labute approximate surface area is 152 Å². The Kier molecular flexibility index (Phi) is 4.16. The van der Waals surface area contributed by atoms with Crippen molar-refractivity contribution in [2.24, 2.45) is 0 Å². The Morgan fingerprint density at radius 1 is 1.37 bits per heavy atom. The minimum Gasteiger partial charge on any atom is -0.352 e. The van der Waals surface area contributed by atoms with Crippen LogP contribution in [0.4, 0.5) is 13.2 Å². The van der Waals surface area contributed by atoms with Gasteiger partial charge in [0.15, 0.2) is 0 Å². The number of alkyl halides is 3. The van der Waals surface area contributed by atoms with E-state index in [-0.39, 0.29) is 24.3 Å². The molecule has 1 N–H and O–H groups in total. The number of amides is 1. The summed E-state index contributed by atoms with van der Waals surface area (Å²) < 4.78 is 44.1. The summed E-state index contributed by atoms with van der Waals surface area (Å²) in [6, 6.07) is 5.34. The van der Waals surface area contributed by atoms with Gasteiger partial charge in [-0.25, -0.2) is 0 Å². The quantitative estimate of drug-likeness (QED) is 0.752. The summed E-state index contributed by atoms with van der Waals surface area (Å²) in [5.41, 5.74) is 2.09. The second kappa shape index (κ2) is 6.40. The molecule has 27 heavy (non-hydrogen) atoms. The summed E-state index contributed by atoms with van der Waals surface area (Å²) in [6.45, 7) is 2.06. The smallest absolute Gasteiger partial charge is 0.352 e. The van der Waals surface area contributed by atoms with Crippen LogP contribution in [0.3, 0.4) is 0 Å². The molecule has 1 aliphatic carbocycles. The molecule has 4 rings (SSSR count). The predicted molar refractivity (Wildman–Crippen MR) is 90.8 cm³/mol. The molecule has 0 unspecified atom stereocenters. The zero-order valence-electron chi connectivity index (χ0n) is 14.5. The predicted octanol–water partition coefficient (Wildman–Crippen LogP) is 3.69. The van der Waals surface area contributed by atoms with Crippen LogP contribution in [0.15, 0.2) is 28.9 Å². The van der Waals surface area contributed by atoms with Crippen molar-refractivity contribution in [3.05, 3.63) is 35.9 Å². The van der Waals surface area contributed by atoms with Crippen molar-refractivity contribution in [1.29, 1.82) is 0 Å². The average molecular weight is 378 g/mol. The standard InChI is InChI=1S/C18H17F3N4O2/c1-10-8-25(9-15(26)22-12-3-2-4-12)14-7-11(5-6-13(10)14)16-23-17(27-24-16)18(19,20)21/h5-8,12H,2-4,9H2,1H3,(H,22,26). The van der Waals surface area contributed by atoms with E-state index in [1.807, 2.05) is 13.1 Å². The maximum absolute atomic E-state index is 12.7. The van der Waals surface area contributed by atoms with Gasteiger partial charge in [-0.1, -0.05) is 17.3 Å². The van der Waals surface area contributed by atoms with Crippen LogP contribution in [0, 0.1) is 6.92 Å². The molecule has 0 bridgehead atoms. The Morgan fingerprint density at radius 2 is 2.15 bits per heavy atom. The van der Waals surface area contributed by atoms with Gasteiger partial charge in [-0.3, -0.25) is 4.79 Å². The van der Waals surface area contributed by atoms with E-state index in [0.717, 1.165) is 35.7 Å². The molecule has 3 aromatic rings. The molecule has 0 saturated heterocycles. The molecule has 2 heterocycles. The molecular weight excluding hydrogens is 361 g/mol. The van der Waals surface area contributed by atoms with Crippen LogP contribution in [-0.2, 0) is 17.5 Å². The van der Waals surface area contributed by atoms with E-state index in [1.54, 1.807) is 22.8 Å². The van der Waals surface area contributed by atoms with Crippen LogP contribution >= 0.6 is 0 Å². The van der Waals surface area contributed by atoms with Gasteiger partial charge in [-0.2, -0.15) is 18.2 Å². The van der Waals surface area contributed by atoms with E-state index in [9.17, 15) is 18.0 Å². The lowest BCUT2D eigenvalue weighted by molar-refractivity contribution is -0.159. The number of aryl methyl sites for hydroxylation is 1. The average Bonchev–Trinajstić information content (AvgIpc) is 3.17. The van der Waals surface area contributed by atoms with Crippen molar-refractivity contribution in [3.63, 3.8) is 0 Å². The fourth-order valence-corrected chi connectivity index (χ4v) is 3.18. The van der Waals surface area contributed by atoms with Gasteiger partial charge in [0.2, 0.25) is 11.7 Å². The third-order valence-electron chi connectivity index (χ3n) is 4.79. The molecule has 0 radical (unpaired) electrons. The number of carbonyl (C=O) groups excluding carboxylic acids is 1. The Morgan fingerprint density at radius 3 is 2.78 bits per heavy atom. The number of hydrogen-bond donors (Lipinski definition) is 1. The van der Waals surface area contributed by atoms with E-state index in [0.29, 0.717) is 5.56 Å². The maximum Gasteiger partial charge on any atom is 0.471 e. The number of benzene rings is 1. The first-order chi connectivity index (χ1) is 12.8. The molecule has 1 aromatic carbocycles. The number of halogens is 3. The molecule has 9 heteroatoms. The van der Waals surface area contributed by atoms with Crippen LogP contribution < -0.4 is 5.32 Å². The highest BCUT2D eigenvalue weighted by atomic mass is 19.4. The summed E-state index contributed by atoms with van der Waals surface area (Å²) in [5, 5.41) is 7.31. The molecule has 1 aliphatic rings. The number of rotatable bonds is 4. The van der Waals surface area contributed by atoms with Gasteiger partial charge in [0, 0.05) is 28.7 Å². The van der Waals surface area contributed by atoms with E-state index < -0.39 is 12.1 Å². The van der Waals surface area contributed by atoms with Crippen molar-refractivity contribution in [2.75, 3.05) is 0 Å². The summed E-state index contributed by atoms with van der Waals surface area (Å²) >= 11 is 0. The van der Waals surface area contributed by atoms with Crippen molar-refractivity contribution in [3.8, 4) is 11.4 Å². The van der Waals surface area contributed by atoms with Gasteiger partial charge >= 0.3 is 12.1 Å². The molecule has 0 spiro atoms. The van der Waals surface area contributed by atoms with Crippen molar-refractivity contribution in [1.82, 2.24) is 20.0 Å². The lowest BCUT2D eigenvalue weighted by Crippen LogP contribution is -2.41. The first kappa shape index (κ1) is 17.6. The first-order valence-corrected chi connectivity index (χ1v) is 8.61. The number of nitrogens with zero attached hydrogens (tertiary/aromatic N) is 3. The highest BCUT2D eigenvalue weighted by molar-refractivity contribution is 5.89. The second-order valence-corrected chi connectivity index (χ2v) is 6.79. The van der Waals surface area contributed by atoms with Crippen LogP contribution in [-0.4, -0.2) is 26.7 Å². The van der Waals surface area contributed by atoms with Crippen molar-refractivity contribution in [2.45, 2.75) is 44.9 Å². The zero-order chi connectivity index (χ0) is 19.2. The van der Waals surface area contributed by atoms with Gasteiger partial charge in [-0.05, 0) is 37.8 Å². The van der Waals surface area contributed by atoms with E-state index >= 15 is 0 Å². The van der Waals surface area contributed by atoms with Crippen molar-refractivity contribution < 1.29 is 22.5 Å². The third kappa shape index (κ3) is 3.41. The molecule has 0 aliphatic heterocycles. The first-order valence-electron chi connectivity index (χ1n) is 8.61. The monoisotopic (exact) mass is 378 g/mol. The summed E-state index contributed by atoms with van der Waals surface area (Å²) in [6.07, 6.45) is 0.295. The SMILES string of the molecule is Cc1cn(CC(=O)NC2CCC2)c2cc(-c3noc(C(F)(F)F)n3)ccc12. The number of nitrogens with one attached hydrogen (secondary N) is 1. The zero-order valence-corrected chi connectivity index (χ0v) is 14.5. The summed E-state index contributed by atoms with van der Waals surface area (Å²) in [7, 11) is 0. The number of carbonyl (C=O) groups is 1. The lowest BCUT2D eigenvalue weighted by atomic mass is 9.93. The number of aromatic nitrogens is 3. The van der Waals surface area contributed by atoms with Crippen molar-refractivity contribution >= 4 is 16.8 Å². The minimum absolute atomic E-state index is 0.0825. The fraction of sp³-hybridized carbons (Fsp3) is 0.389. The summed E-state index contributed by atoms with van der Waals surface area (Å²) in [4.78, 5) is 15.7. The van der Waals surface area contributed by atoms with Gasteiger partial charge < -0.3 is 14.4 Å². The van der Waals surface area contributed by atoms with E-state index in [2.05, 4.69) is 20.0 Å². The number of fused-ring (bicyclic) bond motifs is 1. The molecule has 1 saturated carbocycles. The molecule has 1 fully saturated rings. The van der Waals surface area contributed by atoms with Crippen LogP contribution in [0.2, 0.25) is 0 Å². The molecular formula is C18H17F3N4O2. The second-order valence-electron chi connectivity index (χ2n) is 6.79. The normalized spacial score (nSPS) is 15.1. The molecule has 2 aromatic heterocycles. The number of hydrogen-bond acceptors (Lipinski definition) is 4. The maximum atomic E-state index is 12.7. The summed E-state index contributed by atoms with van der Waals surface area (Å²) in [5.74, 6) is -1.61. The Bertz CT molecular complexity index is 1000. The van der Waals surface area contributed by atoms with Crippen LogP contribution in [0.25, 0.3) is 22.3 Å². The van der Waals surface area contributed by atoms with Gasteiger partial charge in [-0.15, -0.1) is 0 Å². The van der Waals surface area contributed by atoms with Crippen LogP contribution in [0.1, 0.15) is 30.7 Å². The van der Waals surface area contributed by atoms with Gasteiger partial charge in [0.05, 0.1) is 0 Å². The molecule has 142 valence electrons. The minimum atomic E-state index is -4.69. The third-order valence-corrected chi connectivity index (χ3v) is 4.79. The van der Waals surface area contributed by atoms with Gasteiger partial charge in [0.1, 0.15) is 6.54 Å². The highest BCUT2D eigenvalue weighted by Gasteiger charge is 2.38. The van der Waals surface area contributed by atoms with Gasteiger partial charge in [0.25, 0.3) is 0 Å². The van der Waals surface area contributed by atoms with E-state index in [4.69, 9.17) is 0 Å².